The largest absolute Gasteiger partial charge is 0.369 e. The SMILES string of the molecule is CN(C)CCCNc1nc(NCC2CCNCC2)c2cc(-c3ccccc3)ccc2n1. The molecule has 0 amide bonds. The van der Waals surface area contributed by atoms with E-state index in [1.54, 1.807) is 0 Å². The zero-order chi connectivity index (χ0) is 21.5. The summed E-state index contributed by atoms with van der Waals surface area (Å²) in [5, 5.41) is 11.6. The number of nitrogens with one attached hydrogen (secondary N) is 3. The van der Waals surface area contributed by atoms with Gasteiger partial charge in [-0.3, -0.25) is 0 Å². The first-order valence-electron chi connectivity index (χ1n) is 11.4. The van der Waals surface area contributed by atoms with Gasteiger partial charge in [0, 0.05) is 18.5 Å². The molecule has 3 aromatic rings. The maximum Gasteiger partial charge on any atom is 0.225 e. The van der Waals surface area contributed by atoms with E-state index in [1.165, 1.54) is 24.0 Å². The molecule has 0 unspecified atom stereocenters. The van der Waals surface area contributed by atoms with Gasteiger partial charge in [-0.15, -0.1) is 0 Å². The first-order chi connectivity index (χ1) is 15.2. The maximum atomic E-state index is 4.87. The van der Waals surface area contributed by atoms with E-state index < -0.39 is 0 Å². The molecule has 3 N–H and O–H groups in total. The molecule has 6 heteroatoms. The first-order valence-corrected chi connectivity index (χ1v) is 11.4. The van der Waals surface area contributed by atoms with E-state index in [1.807, 2.05) is 6.07 Å². The predicted octanol–water partition coefficient (Wildman–Crippen LogP) is 4.07. The van der Waals surface area contributed by atoms with Crippen molar-refractivity contribution in [3.05, 3.63) is 48.5 Å². The van der Waals surface area contributed by atoms with Crippen LogP contribution >= 0.6 is 0 Å². The van der Waals surface area contributed by atoms with Crippen LogP contribution in [0.25, 0.3) is 22.0 Å². The second kappa shape index (κ2) is 10.6. The molecular formula is C25H34N6. The summed E-state index contributed by atoms with van der Waals surface area (Å²) in [4.78, 5) is 11.9. The topological polar surface area (TPSA) is 65.1 Å². The van der Waals surface area contributed by atoms with Crippen LogP contribution in [0.5, 0.6) is 0 Å². The Morgan fingerprint density at radius 1 is 0.968 bits per heavy atom. The van der Waals surface area contributed by atoms with Crippen molar-refractivity contribution in [3.63, 3.8) is 0 Å². The van der Waals surface area contributed by atoms with Gasteiger partial charge in [-0.05, 0) is 82.2 Å². The van der Waals surface area contributed by atoms with E-state index in [0.29, 0.717) is 11.9 Å². The van der Waals surface area contributed by atoms with Crippen LogP contribution in [0.3, 0.4) is 0 Å². The van der Waals surface area contributed by atoms with Crippen molar-refractivity contribution in [1.29, 1.82) is 0 Å². The second-order valence-corrected chi connectivity index (χ2v) is 8.65. The molecule has 6 nitrogen and oxygen atoms in total. The molecule has 0 saturated carbocycles. The highest BCUT2D eigenvalue weighted by Crippen LogP contribution is 2.29. The molecule has 1 aliphatic rings. The molecule has 0 atom stereocenters. The quantitative estimate of drug-likeness (QED) is 0.455. The predicted molar refractivity (Wildman–Crippen MR) is 131 cm³/mol. The van der Waals surface area contributed by atoms with E-state index in [4.69, 9.17) is 9.97 Å². The summed E-state index contributed by atoms with van der Waals surface area (Å²) in [6.45, 7) is 5.06. The van der Waals surface area contributed by atoms with E-state index >= 15 is 0 Å². The Hall–Kier alpha value is -2.70. The van der Waals surface area contributed by atoms with Crippen LogP contribution in [0.2, 0.25) is 0 Å². The normalized spacial score (nSPS) is 14.8. The summed E-state index contributed by atoms with van der Waals surface area (Å²) in [7, 11) is 4.19. The van der Waals surface area contributed by atoms with Gasteiger partial charge in [-0.25, -0.2) is 4.98 Å². The van der Waals surface area contributed by atoms with E-state index in [0.717, 1.165) is 55.9 Å². The lowest BCUT2D eigenvalue weighted by atomic mass is 9.98. The number of aromatic nitrogens is 2. The standard InChI is InChI=1S/C25H34N6/c1-31(2)16-6-13-27-25-29-23-10-9-21(20-7-4-3-5-8-20)17-22(23)24(30-25)28-18-19-11-14-26-15-12-19/h3-5,7-10,17,19,26H,6,11-16,18H2,1-2H3,(H2,27,28,29,30). The van der Waals surface area contributed by atoms with Crippen molar-refractivity contribution in [2.45, 2.75) is 19.3 Å². The average Bonchev–Trinajstić information content (AvgIpc) is 2.81. The molecule has 0 bridgehead atoms. The molecule has 2 heterocycles. The highest BCUT2D eigenvalue weighted by atomic mass is 15.1. The monoisotopic (exact) mass is 418 g/mol. The van der Waals surface area contributed by atoms with Gasteiger partial charge in [0.1, 0.15) is 5.82 Å². The van der Waals surface area contributed by atoms with Crippen molar-refractivity contribution >= 4 is 22.7 Å². The number of fused-ring (bicyclic) bond motifs is 1. The number of hydrogen-bond acceptors (Lipinski definition) is 6. The Labute approximate surface area is 185 Å². The number of benzene rings is 2. The lowest BCUT2D eigenvalue weighted by Gasteiger charge is -2.23. The van der Waals surface area contributed by atoms with Crippen molar-refractivity contribution in [1.82, 2.24) is 20.2 Å². The van der Waals surface area contributed by atoms with Crippen LogP contribution in [0, 0.1) is 5.92 Å². The molecule has 1 saturated heterocycles. The van der Waals surface area contributed by atoms with E-state index in [-0.39, 0.29) is 0 Å². The van der Waals surface area contributed by atoms with Gasteiger partial charge in [0.15, 0.2) is 0 Å². The molecule has 1 fully saturated rings. The summed E-state index contributed by atoms with van der Waals surface area (Å²) in [5.41, 5.74) is 3.37. The molecule has 1 aromatic heterocycles. The van der Waals surface area contributed by atoms with Crippen LogP contribution in [0.15, 0.2) is 48.5 Å². The highest BCUT2D eigenvalue weighted by Gasteiger charge is 2.15. The first kappa shape index (κ1) is 21.5. The van der Waals surface area contributed by atoms with Gasteiger partial charge in [0.05, 0.1) is 5.52 Å². The summed E-state index contributed by atoms with van der Waals surface area (Å²) >= 11 is 0. The molecule has 31 heavy (non-hydrogen) atoms. The number of hydrogen-bond donors (Lipinski definition) is 3. The van der Waals surface area contributed by atoms with Gasteiger partial charge < -0.3 is 20.9 Å². The van der Waals surface area contributed by atoms with Crippen LogP contribution in [-0.2, 0) is 0 Å². The van der Waals surface area contributed by atoms with Crippen molar-refractivity contribution in [2.24, 2.45) is 5.92 Å². The third kappa shape index (κ3) is 5.93. The molecule has 0 spiro atoms. The summed E-state index contributed by atoms with van der Waals surface area (Å²) in [6.07, 6.45) is 3.47. The Bertz CT molecular complexity index is 966. The van der Waals surface area contributed by atoms with E-state index in [2.05, 4.69) is 77.4 Å². The van der Waals surface area contributed by atoms with Crippen molar-refractivity contribution in [2.75, 3.05) is 57.5 Å². The lowest BCUT2D eigenvalue weighted by molar-refractivity contribution is 0.389. The molecule has 0 radical (unpaired) electrons. The smallest absolute Gasteiger partial charge is 0.225 e. The second-order valence-electron chi connectivity index (χ2n) is 8.65. The number of piperidine rings is 1. The lowest BCUT2D eigenvalue weighted by Crippen LogP contribution is -2.31. The number of rotatable bonds is 9. The minimum atomic E-state index is 0.681. The Kier molecular flexibility index (Phi) is 7.33. The zero-order valence-electron chi connectivity index (χ0n) is 18.7. The third-order valence-corrected chi connectivity index (χ3v) is 5.88. The third-order valence-electron chi connectivity index (χ3n) is 5.88. The average molecular weight is 419 g/mol. The molecular weight excluding hydrogens is 384 g/mol. The van der Waals surface area contributed by atoms with Crippen LogP contribution < -0.4 is 16.0 Å². The maximum absolute atomic E-state index is 4.87. The van der Waals surface area contributed by atoms with Crippen molar-refractivity contribution < 1.29 is 0 Å². The minimum absolute atomic E-state index is 0.681. The fourth-order valence-corrected chi connectivity index (χ4v) is 4.07. The molecule has 2 aromatic carbocycles. The van der Waals surface area contributed by atoms with Crippen LogP contribution in [0.4, 0.5) is 11.8 Å². The minimum Gasteiger partial charge on any atom is -0.369 e. The van der Waals surface area contributed by atoms with Gasteiger partial charge in [0.2, 0.25) is 5.95 Å². The van der Waals surface area contributed by atoms with Crippen LogP contribution in [0.1, 0.15) is 19.3 Å². The van der Waals surface area contributed by atoms with E-state index in [9.17, 15) is 0 Å². The van der Waals surface area contributed by atoms with Gasteiger partial charge in [-0.1, -0.05) is 36.4 Å². The molecule has 4 rings (SSSR count). The summed E-state index contributed by atoms with van der Waals surface area (Å²) < 4.78 is 0. The van der Waals surface area contributed by atoms with Crippen molar-refractivity contribution in [3.8, 4) is 11.1 Å². The highest BCUT2D eigenvalue weighted by molar-refractivity contribution is 5.93. The Morgan fingerprint density at radius 2 is 1.77 bits per heavy atom. The molecule has 164 valence electrons. The summed E-state index contributed by atoms with van der Waals surface area (Å²) in [5.74, 6) is 2.31. The Morgan fingerprint density at radius 3 is 2.55 bits per heavy atom. The zero-order valence-corrected chi connectivity index (χ0v) is 18.7. The molecule has 0 aliphatic carbocycles. The fourth-order valence-electron chi connectivity index (χ4n) is 4.07. The van der Waals surface area contributed by atoms with Gasteiger partial charge in [0.25, 0.3) is 0 Å². The van der Waals surface area contributed by atoms with Gasteiger partial charge in [-0.2, -0.15) is 4.98 Å². The fraction of sp³-hybridized carbons (Fsp3) is 0.440. The Balaban J connectivity index is 1.59. The summed E-state index contributed by atoms with van der Waals surface area (Å²) in [6, 6.07) is 17.0. The number of nitrogens with zero attached hydrogens (tertiary/aromatic N) is 3. The van der Waals surface area contributed by atoms with Gasteiger partial charge >= 0.3 is 0 Å². The molecule has 1 aliphatic heterocycles. The van der Waals surface area contributed by atoms with Crippen LogP contribution in [-0.4, -0.2) is 61.7 Å². The number of anilines is 2.